The summed E-state index contributed by atoms with van der Waals surface area (Å²) in [4.78, 5) is 4.20. The molecule has 1 fully saturated rings. The molecule has 0 amide bonds. The Kier molecular flexibility index (Phi) is 4.86. The van der Waals surface area contributed by atoms with E-state index < -0.39 is 0 Å². The number of hydrogen-bond acceptors (Lipinski definition) is 5. The van der Waals surface area contributed by atoms with Crippen LogP contribution in [0.5, 0.6) is 0 Å². The van der Waals surface area contributed by atoms with Crippen molar-refractivity contribution >= 4 is 17.6 Å². The van der Waals surface area contributed by atoms with Crippen LogP contribution in [0.3, 0.4) is 0 Å². The molecule has 0 bridgehead atoms. The van der Waals surface area contributed by atoms with Crippen LogP contribution in [0.1, 0.15) is 42.9 Å². The minimum Gasteiger partial charge on any atom is -0.383 e. The molecule has 0 radical (unpaired) electrons. The molecule has 1 heterocycles. The summed E-state index contributed by atoms with van der Waals surface area (Å²) in [5.74, 6) is 7.20. The van der Waals surface area contributed by atoms with E-state index in [0.717, 1.165) is 22.1 Å². The van der Waals surface area contributed by atoms with Crippen molar-refractivity contribution in [2.45, 2.75) is 43.9 Å². The molecule has 2 rings (SSSR count). The Morgan fingerprint density at radius 2 is 2.22 bits per heavy atom. The molecule has 1 atom stereocenters. The molecule has 18 heavy (non-hydrogen) atoms. The van der Waals surface area contributed by atoms with Gasteiger partial charge in [0, 0.05) is 22.8 Å². The lowest BCUT2D eigenvalue weighted by atomic mass is 10.1. The van der Waals surface area contributed by atoms with Gasteiger partial charge in [-0.25, -0.2) is 4.98 Å². The predicted octanol–water partition coefficient (Wildman–Crippen LogP) is 2.15. The smallest absolute Gasteiger partial charge is 0.128 e. The first-order valence-corrected chi connectivity index (χ1v) is 7.55. The van der Waals surface area contributed by atoms with Crippen LogP contribution in [0.25, 0.3) is 0 Å². The third kappa shape index (κ3) is 3.37. The van der Waals surface area contributed by atoms with Crippen molar-refractivity contribution in [3.05, 3.63) is 23.4 Å². The van der Waals surface area contributed by atoms with Crippen LogP contribution in [0.4, 0.5) is 5.82 Å². The third-order valence-corrected chi connectivity index (χ3v) is 4.93. The maximum atomic E-state index is 5.93. The molecule has 1 aromatic rings. The van der Waals surface area contributed by atoms with Gasteiger partial charge in [0.2, 0.25) is 0 Å². The van der Waals surface area contributed by atoms with Crippen molar-refractivity contribution in [3.8, 4) is 0 Å². The van der Waals surface area contributed by atoms with Gasteiger partial charge in [0.15, 0.2) is 0 Å². The highest BCUT2D eigenvalue weighted by Crippen LogP contribution is 2.32. The van der Waals surface area contributed by atoms with Gasteiger partial charge in [0.05, 0.1) is 6.04 Å². The summed E-state index contributed by atoms with van der Waals surface area (Å²) >= 11 is 2.00. The number of thioether (sulfide) groups is 1. The summed E-state index contributed by atoms with van der Waals surface area (Å²) in [6.45, 7) is 2.02. The minimum atomic E-state index is 0.0861. The predicted molar refractivity (Wildman–Crippen MR) is 78.2 cm³/mol. The number of nitrogens with zero attached hydrogens (tertiary/aromatic N) is 1. The van der Waals surface area contributed by atoms with Gasteiger partial charge in [0.1, 0.15) is 5.82 Å². The van der Waals surface area contributed by atoms with Crippen LogP contribution in [-0.4, -0.2) is 16.0 Å². The molecule has 1 unspecified atom stereocenters. The Morgan fingerprint density at radius 3 is 2.89 bits per heavy atom. The fourth-order valence-electron chi connectivity index (χ4n) is 2.40. The molecule has 0 saturated heterocycles. The average molecular weight is 266 g/mol. The van der Waals surface area contributed by atoms with Gasteiger partial charge in [-0.05, 0) is 31.4 Å². The van der Waals surface area contributed by atoms with Gasteiger partial charge in [0.25, 0.3) is 0 Å². The molecular weight excluding hydrogens is 244 g/mol. The summed E-state index contributed by atoms with van der Waals surface area (Å²) in [5.41, 5.74) is 10.9. The van der Waals surface area contributed by atoms with Gasteiger partial charge in [-0.15, -0.1) is 0 Å². The summed E-state index contributed by atoms with van der Waals surface area (Å²) < 4.78 is 0. The number of nitrogens with two attached hydrogens (primary N) is 2. The number of anilines is 1. The molecule has 1 aliphatic rings. The highest BCUT2D eigenvalue weighted by molar-refractivity contribution is 7.99. The van der Waals surface area contributed by atoms with Crippen molar-refractivity contribution in [1.29, 1.82) is 0 Å². The van der Waals surface area contributed by atoms with Crippen LogP contribution >= 0.6 is 11.8 Å². The van der Waals surface area contributed by atoms with Crippen molar-refractivity contribution in [1.82, 2.24) is 10.4 Å². The molecule has 4 nitrogen and oxygen atoms in total. The number of nitrogens with one attached hydrogen (secondary N) is 1. The van der Waals surface area contributed by atoms with E-state index in [1.807, 2.05) is 18.7 Å². The Bertz CT molecular complexity index is 391. The zero-order valence-electron chi connectivity index (χ0n) is 10.9. The number of hydrazine groups is 1. The zero-order valence-corrected chi connectivity index (χ0v) is 11.7. The van der Waals surface area contributed by atoms with Gasteiger partial charge in [-0.3, -0.25) is 11.3 Å². The molecule has 100 valence electrons. The van der Waals surface area contributed by atoms with E-state index in [1.54, 1.807) is 6.20 Å². The van der Waals surface area contributed by atoms with E-state index in [4.69, 9.17) is 11.6 Å². The van der Waals surface area contributed by atoms with Crippen molar-refractivity contribution in [2.75, 3.05) is 11.5 Å². The Hall–Kier alpha value is -0.780. The van der Waals surface area contributed by atoms with Gasteiger partial charge in [-0.1, -0.05) is 12.8 Å². The molecule has 0 aliphatic heterocycles. The largest absolute Gasteiger partial charge is 0.383 e. The standard InChI is InChI=1S/C13H22N4S/c1-9-6-11(13(14)16-7-9)12(17-15)8-18-10-4-2-3-5-10/h6-7,10,12,17H,2-5,8,15H2,1H3,(H2,14,16). The maximum absolute atomic E-state index is 5.93. The number of aromatic nitrogens is 1. The molecule has 1 aromatic heterocycles. The van der Waals surface area contributed by atoms with Gasteiger partial charge < -0.3 is 5.73 Å². The Morgan fingerprint density at radius 1 is 1.50 bits per heavy atom. The fourth-order valence-corrected chi connectivity index (χ4v) is 3.80. The Labute approximate surface area is 113 Å². The van der Waals surface area contributed by atoms with Crippen LogP contribution < -0.4 is 17.0 Å². The van der Waals surface area contributed by atoms with Gasteiger partial charge >= 0.3 is 0 Å². The van der Waals surface area contributed by atoms with Crippen LogP contribution in [0.2, 0.25) is 0 Å². The third-order valence-electron chi connectivity index (χ3n) is 3.46. The van der Waals surface area contributed by atoms with E-state index in [-0.39, 0.29) is 6.04 Å². The first-order chi connectivity index (χ1) is 8.70. The Balaban J connectivity index is 2.00. The fraction of sp³-hybridized carbons (Fsp3) is 0.615. The van der Waals surface area contributed by atoms with E-state index in [0.29, 0.717) is 5.82 Å². The number of hydrogen-bond donors (Lipinski definition) is 3. The monoisotopic (exact) mass is 266 g/mol. The highest BCUT2D eigenvalue weighted by atomic mass is 32.2. The summed E-state index contributed by atoms with van der Waals surface area (Å²) in [5, 5.41) is 0.792. The summed E-state index contributed by atoms with van der Waals surface area (Å²) in [6, 6.07) is 2.16. The number of pyridine rings is 1. The number of nitrogen functional groups attached to an aromatic ring is 1. The molecule has 0 spiro atoms. The molecule has 1 saturated carbocycles. The highest BCUT2D eigenvalue weighted by Gasteiger charge is 2.19. The molecule has 5 N–H and O–H groups in total. The molecule has 1 aliphatic carbocycles. The van der Waals surface area contributed by atoms with E-state index in [1.165, 1.54) is 25.7 Å². The maximum Gasteiger partial charge on any atom is 0.128 e. The lowest BCUT2D eigenvalue weighted by Crippen LogP contribution is -2.31. The topological polar surface area (TPSA) is 77.0 Å². The molecule has 0 aromatic carbocycles. The SMILES string of the molecule is Cc1cnc(N)c(C(CSC2CCCC2)NN)c1. The van der Waals surface area contributed by atoms with Crippen LogP contribution in [0, 0.1) is 6.92 Å². The zero-order chi connectivity index (χ0) is 13.0. The van der Waals surface area contributed by atoms with E-state index >= 15 is 0 Å². The van der Waals surface area contributed by atoms with Crippen LogP contribution in [0.15, 0.2) is 12.3 Å². The number of aryl methyl sites for hydroxylation is 1. The normalized spacial score (nSPS) is 18.1. The number of rotatable bonds is 5. The summed E-state index contributed by atoms with van der Waals surface area (Å²) in [7, 11) is 0. The second-order valence-electron chi connectivity index (χ2n) is 4.95. The minimum absolute atomic E-state index is 0.0861. The lowest BCUT2D eigenvalue weighted by molar-refractivity contribution is 0.609. The molecule has 5 heteroatoms. The second-order valence-corrected chi connectivity index (χ2v) is 6.28. The summed E-state index contributed by atoms with van der Waals surface area (Å²) in [6.07, 6.45) is 7.20. The molecular formula is C13H22N4S. The first kappa shape index (κ1) is 13.6. The lowest BCUT2D eigenvalue weighted by Gasteiger charge is -2.19. The van der Waals surface area contributed by atoms with E-state index in [2.05, 4.69) is 16.5 Å². The van der Waals surface area contributed by atoms with Crippen molar-refractivity contribution in [2.24, 2.45) is 5.84 Å². The van der Waals surface area contributed by atoms with E-state index in [9.17, 15) is 0 Å². The van der Waals surface area contributed by atoms with Crippen molar-refractivity contribution < 1.29 is 0 Å². The quantitative estimate of drug-likeness (QED) is 0.562. The second kappa shape index (κ2) is 6.41. The van der Waals surface area contributed by atoms with Crippen molar-refractivity contribution in [3.63, 3.8) is 0 Å². The van der Waals surface area contributed by atoms with Gasteiger partial charge in [-0.2, -0.15) is 11.8 Å². The van der Waals surface area contributed by atoms with Crippen LogP contribution in [-0.2, 0) is 0 Å². The first-order valence-electron chi connectivity index (χ1n) is 6.50. The average Bonchev–Trinajstić information content (AvgIpc) is 2.87.